The second-order valence-corrected chi connectivity index (χ2v) is 9.61. The summed E-state index contributed by atoms with van der Waals surface area (Å²) in [6, 6.07) is 8.35. The van der Waals surface area contributed by atoms with Gasteiger partial charge in [-0.25, -0.2) is 13.1 Å². The van der Waals surface area contributed by atoms with Crippen LogP contribution in [0.25, 0.3) is 0 Å². The molecule has 0 aliphatic carbocycles. The molecule has 1 N–H and O–H groups in total. The Kier molecular flexibility index (Phi) is 6.94. The van der Waals surface area contributed by atoms with Crippen molar-refractivity contribution in [2.24, 2.45) is 0 Å². The van der Waals surface area contributed by atoms with E-state index in [1.54, 1.807) is 25.2 Å². The van der Waals surface area contributed by atoms with Gasteiger partial charge >= 0.3 is 0 Å². The molecule has 0 saturated carbocycles. The maximum absolute atomic E-state index is 12.7. The minimum atomic E-state index is -3.78. The lowest BCUT2D eigenvalue weighted by Gasteiger charge is -2.29. The lowest BCUT2D eigenvalue weighted by molar-refractivity contribution is -0.131. The van der Waals surface area contributed by atoms with Gasteiger partial charge in [0, 0.05) is 38.5 Å². The standard InChI is InChI=1S/C23H28N2O7S/c1-29-20-12-16-7-9-25(15-17(16)13-21(20)30-2)23(26)6-8-24-33(27,28)18-4-5-19-22(14-18)32-11-3-10-31-19/h4-5,12-14,24H,3,6-11,15H2,1-2H3. The fourth-order valence-electron chi connectivity index (χ4n) is 3.94. The van der Waals surface area contributed by atoms with Crippen molar-refractivity contribution in [3.8, 4) is 23.0 Å². The summed E-state index contributed by atoms with van der Waals surface area (Å²) in [7, 11) is -0.616. The molecule has 0 spiro atoms. The van der Waals surface area contributed by atoms with Crippen LogP contribution in [0.15, 0.2) is 35.2 Å². The fourth-order valence-corrected chi connectivity index (χ4v) is 4.99. The van der Waals surface area contributed by atoms with Gasteiger partial charge in [0.15, 0.2) is 23.0 Å². The third-order valence-electron chi connectivity index (χ3n) is 5.73. The molecular formula is C23H28N2O7S. The number of nitrogens with zero attached hydrogens (tertiary/aromatic N) is 1. The maximum Gasteiger partial charge on any atom is 0.240 e. The van der Waals surface area contributed by atoms with Gasteiger partial charge in [-0.1, -0.05) is 0 Å². The highest BCUT2D eigenvalue weighted by Crippen LogP contribution is 2.34. The van der Waals surface area contributed by atoms with E-state index >= 15 is 0 Å². The summed E-state index contributed by atoms with van der Waals surface area (Å²) in [6.45, 7) is 2.02. The molecular weight excluding hydrogens is 448 g/mol. The molecule has 0 saturated heterocycles. The highest BCUT2D eigenvalue weighted by Gasteiger charge is 2.24. The Hall–Kier alpha value is -2.98. The third-order valence-corrected chi connectivity index (χ3v) is 7.19. The summed E-state index contributed by atoms with van der Waals surface area (Å²) in [4.78, 5) is 14.5. The molecule has 0 unspecified atom stereocenters. The van der Waals surface area contributed by atoms with Crippen LogP contribution in [0.1, 0.15) is 24.0 Å². The van der Waals surface area contributed by atoms with Crippen LogP contribution in [0.3, 0.4) is 0 Å². The Morgan fingerprint density at radius 3 is 2.45 bits per heavy atom. The number of ether oxygens (including phenoxy) is 4. The quantitative estimate of drug-likeness (QED) is 0.653. The molecule has 2 aliphatic rings. The zero-order valence-electron chi connectivity index (χ0n) is 18.8. The largest absolute Gasteiger partial charge is 0.493 e. The summed E-state index contributed by atoms with van der Waals surface area (Å²) in [5.74, 6) is 2.11. The highest BCUT2D eigenvalue weighted by atomic mass is 32.2. The van der Waals surface area contributed by atoms with Crippen LogP contribution in [0, 0.1) is 0 Å². The molecule has 4 rings (SSSR count). The first-order valence-corrected chi connectivity index (χ1v) is 12.3. The van der Waals surface area contributed by atoms with Gasteiger partial charge in [0.05, 0.1) is 32.3 Å². The monoisotopic (exact) mass is 476 g/mol. The van der Waals surface area contributed by atoms with Gasteiger partial charge in [0.1, 0.15) is 0 Å². The smallest absolute Gasteiger partial charge is 0.240 e. The first-order chi connectivity index (χ1) is 15.9. The Balaban J connectivity index is 1.35. The molecule has 2 aliphatic heterocycles. The SMILES string of the molecule is COc1cc2c(cc1OC)CN(C(=O)CCNS(=O)(=O)c1ccc3c(c1)OCCCO3)CC2. The molecule has 0 bridgehead atoms. The summed E-state index contributed by atoms with van der Waals surface area (Å²) >= 11 is 0. The fraction of sp³-hybridized carbons (Fsp3) is 0.435. The summed E-state index contributed by atoms with van der Waals surface area (Å²) in [5, 5.41) is 0. The number of benzene rings is 2. The first kappa shape index (κ1) is 23.2. The molecule has 33 heavy (non-hydrogen) atoms. The average Bonchev–Trinajstić information content (AvgIpc) is 3.07. The van der Waals surface area contributed by atoms with Crippen LogP contribution in [0.2, 0.25) is 0 Å². The Morgan fingerprint density at radius 1 is 1.03 bits per heavy atom. The Labute approximate surface area is 193 Å². The minimum absolute atomic E-state index is 0.00486. The Morgan fingerprint density at radius 2 is 1.73 bits per heavy atom. The molecule has 9 nitrogen and oxygen atoms in total. The molecule has 0 atom stereocenters. The van der Waals surface area contributed by atoms with E-state index in [0.29, 0.717) is 55.7 Å². The third kappa shape index (κ3) is 5.17. The van der Waals surface area contributed by atoms with Crippen LogP contribution < -0.4 is 23.7 Å². The average molecular weight is 477 g/mol. The zero-order valence-corrected chi connectivity index (χ0v) is 19.6. The van der Waals surface area contributed by atoms with Crippen LogP contribution in [0.5, 0.6) is 23.0 Å². The van der Waals surface area contributed by atoms with Crippen molar-refractivity contribution in [3.05, 3.63) is 41.5 Å². The number of carbonyl (C=O) groups is 1. The molecule has 0 radical (unpaired) electrons. The predicted octanol–water partition coefficient (Wildman–Crippen LogP) is 2.12. The van der Waals surface area contributed by atoms with Gasteiger partial charge in [0.25, 0.3) is 0 Å². The molecule has 10 heteroatoms. The summed E-state index contributed by atoms with van der Waals surface area (Å²) in [6.07, 6.45) is 1.50. The highest BCUT2D eigenvalue weighted by molar-refractivity contribution is 7.89. The zero-order chi connectivity index (χ0) is 23.4. The molecule has 178 valence electrons. The van der Waals surface area contributed by atoms with Crippen molar-refractivity contribution in [1.29, 1.82) is 0 Å². The molecule has 1 amide bonds. The van der Waals surface area contributed by atoms with E-state index in [0.717, 1.165) is 17.5 Å². The van der Waals surface area contributed by atoms with Crippen LogP contribution in [-0.2, 0) is 27.8 Å². The van der Waals surface area contributed by atoms with E-state index in [2.05, 4.69) is 4.72 Å². The van der Waals surface area contributed by atoms with E-state index in [9.17, 15) is 13.2 Å². The molecule has 0 aromatic heterocycles. The van der Waals surface area contributed by atoms with E-state index in [1.165, 1.54) is 12.1 Å². The van der Waals surface area contributed by atoms with E-state index in [4.69, 9.17) is 18.9 Å². The number of rotatable bonds is 7. The van der Waals surface area contributed by atoms with Gasteiger partial charge in [-0.2, -0.15) is 0 Å². The number of methoxy groups -OCH3 is 2. The van der Waals surface area contributed by atoms with Gasteiger partial charge in [-0.3, -0.25) is 4.79 Å². The lowest BCUT2D eigenvalue weighted by atomic mass is 9.98. The summed E-state index contributed by atoms with van der Waals surface area (Å²) in [5.41, 5.74) is 2.12. The van der Waals surface area contributed by atoms with Crippen molar-refractivity contribution in [1.82, 2.24) is 9.62 Å². The van der Waals surface area contributed by atoms with Crippen molar-refractivity contribution >= 4 is 15.9 Å². The van der Waals surface area contributed by atoms with E-state index < -0.39 is 10.0 Å². The van der Waals surface area contributed by atoms with Crippen molar-refractivity contribution in [3.63, 3.8) is 0 Å². The number of nitrogens with one attached hydrogen (secondary N) is 1. The van der Waals surface area contributed by atoms with Crippen LogP contribution in [-0.4, -0.2) is 59.7 Å². The van der Waals surface area contributed by atoms with Crippen molar-refractivity contribution in [2.45, 2.75) is 30.7 Å². The molecule has 2 aromatic carbocycles. The van der Waals surface area contributed by atoms with Crippen molar-refractivity contribution < 1.29 is 32.2 Å². The van der Waals surface area contributed by atoms with Gasteiger partial charge in [-0.15, -0.1) is 0 Å². The minimum Gasteiger partial charge on any atom is -0.493 e. The van der Waals surface area contributed by atoms with Crippen LogP contribution in [0.4, 0.5) is 0 Å². The molecule has 2 heterocycles. The number of hydrogen-bond donors (Lipinski definition) is 1. The second kappa shape index (κ2) is 9.88. The summed E-state index contributed by atoms with van der Waals surface area (Å²) < 4.78 is 49.7. The maximum atomic E-state index is 12.7. The molecule has 0 fully saturated rings. The van der Waals surface area contributed by atoms with E-state index in [1.807, 2.05) is 12.1 Å². The van der Waals surface area contributed by atoms with Gasteiger partial charge in [-0.05, 0) is 41.8 Å². The normalized spacial score (nSPS) is 15.4. The van der Waals surface area contributed by atoms with Crippen molar-refractivity contribution in [2.75, 3.05) is 40.5 Å². The van der Waals surface area contributed by atoms with Gasteiger partial charge < -0.3 is 23.8 Å². The van der Waals surface area contributed by atoms with Crippen LogP contribution >= 0.6 is 0 Å². The number of carbonyl (C=O) groups excluding carboxylic acids is 1. The Bertz CT molecular complexity index is 1130. The second-order valence-electron chi connectivity index (χ2n) is 7.85. The number of sulfonamides is 1. The van der Waals surface area contributed by atoms with Gasteiger partial charge in [0.2, 0.25) is 15.9 Å². The lowest BCUT2D eigenvalue weighted by Crippen LogP contribution is -2.38. The first-order valence-electron chi connectivity index (χ1n) is 10.8. The number of hydrogen-bond acceptors (Lipinski definition) is 7. The predicted molar refractivity (Wildman–Crippen MR) is 121 cm³/mol. The topological polar surface area (TPSA) is 103 Å². The number of amides is 1. The number of fused-ring (bicyclic) bond motifs is 2. The van der Waals surface area contributed by atoms with E-state index in [-0.39, 0.29) is 23.8 Å². The molecule has 2 aromatic rings.